The van der Waals surface area contributed by atoms with E-state index in [2.05, 4.69) is 21.8 Å². The first-order valence-electron chi connectivity index (χ1n) is 9.52. The molecule has 2 aliphatic heterocycles. The van der Waals surface area contributed by atoms with E-state index < -0.39 is 9.84 Å². The van der Waals surface area contributed by atoms with Crippen molar-refractivity contribution in [3.8, 4) is 0 Å². The standard InChI is InChI=1S/C19H27N3O3S/c1-3-26(23,24)16-4-5-18-17(12-16)20-19(25-18)14-6-11-22(13-14)15-7-9-21(2)10-8-15/h4-5,12,14-15H,3,6-11,13H2,1-2H3/t14-/m0/s1. The van der Waals surface area contributed by atoms with E-state index in [1.54, 1.807) is 25.1 Å². The maximum absolute atomic E-state index is 12.1. The van der Waals surface area contributed by atoms with Crippen molar-refractivity contribution in [1.29, 1.82) is 0 Å². The van der Waals surface area contributed by atoms with E-state index in [-0.39, 0.29) is 5.75 Å². The molecule has 0 unspecified atom stereocenters. The van der Waals surface area contributed by atoms with Crippen LogP contribution in [0.3, 0.4) is 0 Å². The molecular formula is C19H27N3O3S. The molecular weight excluding hydrogens is 350 g/mol. The summed E-state index contributed by atoms with van der Waals surface area (Å²) in [6, 6.07) is 5.67. The Bertz CT molecular complexity index is 885. The average Bonchev–Trinajstić information content (AvgIpc) is 3.28. The van der Waals surface area contributed by atoms with Crippen molar-refractivity contribution in [2.45, 2.75) is 43.0 Å². The summed E-state index contributed by atoms with van der Waals surface area (Å²) in [5, 5.41) is 0. The van der Waals surface area contributed by atoms with Gasteiger partial charge in [0.1, 0.15) is 5.52 Å². The third kappa shape index (κ3) is 3.40. The molecule has 1 atom stereocenters. The van der Waals surface area contributed by atoms with Gasteiger partial charge in [-0.3, -0.25) is 4.90 Å². The number of fused-ring (bicyclic) bond motifs is 1. The number of sulfone groups is 1. The quantitative estimate of drug-likeness (QED) is 0.816. The van der Waals surface area contributed by atoms with E-state index in [1.807, 2.05) is 0 Å². The lowest BCUT2D eigenvalue weighted by Crippen LogP contribution is -2.42. The van der Waals surface area contributed by atoms with Crippen LogP contribution in [0.2, 0.25) is 0 Å². The first-order chi connectivity index (χ1) is 12.5. The highest BCUT2D eigenvalue weighted by Crippen LogP contribution is 2.32. The molecule has 1 aromatic carbocycles. The van der Waals surface area contributed by atoms with Gasteiger partial charge in [-0.1, -0.05) is 6.92 Å². The molecule has 0 spiro atoms. The van der Waals surface area contributed by atoms with Crippen LogP contribution in [0.5, 0.6) is 0 Å². The molecule has 2 aliphatic rings. The van der Waals surface area contributed by atoms with E-state index in [4.69, 9.17) is 4.42 Å². The minimum atomic E-state index is -3.22. The number of aromatic nitrogens is 1. The van der Waals surface area contributed by atoms with Gasteiger partial charge in [0, 0.05) is 18.5 Å². The molecule has 26 heavy (non-hydrogen) atoms. The Morgan fingerprint density at radius 3 is 2.69 bits per heavy atom. The second-order valence-corrected chi connectivity index (χ2v) is 9.88. The van der Waals surface area contributed by atoms with Crippen molar-refractivity contribution in [2.75, 3.05) is 39.0 Å². The molecule has 0 amide bonds. The topological polar surface area (TPSA) is 66.7 Å². The number of benzene rings is 1. The first-order valence-corrected chi connectivity index (χ1v) is 11.2. The minimum Gasteiger partial charge on any atom is -0.440 e. The lowest BCUT2D eigenvalue weighted by atomic mass is 10.0. The maximum Gasteiger partial charge on any atom is 0.199 e. The van der Waals surface area contributed by atoms with Crippen LogP contribution in [-0.2, 0) is 9.84 Å². The zero-order valence-corrected chi connectivity index (χ0v) is 16.3. The second-order valence-electron chi connectivity index (χ2n) is 7.60. The molecule has 7 heteroatoms. The van der Waals surface area contributed by atoms with Crippen molar-refractivity contribution in [3.05, 3.63) is 24.1 Å². The number of piperidine rings is 1. The van der Waals surface area contributed by atoms with Crippen molar-refractivity contribution < 1.29 is 12.8 Å². The van der Waals surface area contributed by atoms with E-state index in [0.29, 0.717) is 28.0 Å². The van der Waals surface area contributed by atoms with E-state index in [0.717, 1.165) is 25.4 Å². The van der Waals surface area contributed by atoms with Gasteiger partial charge < -0.3 is 9.32 Å². The lowest BCUT2D eigenvalue weighted by molar-refractivity contribution is 0.141. The summed E-state index contributed by atoms with van der Waals surface area (Å²) in [4.78, 5) is 9.93. The Morgan fingerprint density at radius 2 is 1.96 bits per heavy atom. The Morgan fingerprint density at radius 1 is 1.19 bits per heavy atom. The predicted molar refractivity (Wildman–Crippen MR) is 101 cm³/mol. The summed E-state index contributed by atoms with van der Waals surface area (Å²) in [7, 11) is -1.03. The Kier molecular flexibility index (Phi) is 4.79. The number of nitrogens with zero attached hydrogens (tertiary/aromatic N) is 3. The molecule has 3 heterocycles. The highest BCUT2D eigenvalue weighted by Gasteiger charge is 2.33. The van der Waals surface area contributed by atoms with Crippen LogP contribution in [0.4, 0.5) is 0 Å². The normalized spacial score (nSPS) is 23.8. The molecule has 2 saturated heterocycles. The van der Waals surface area contributed by atoms with Gasteiger partial charge >= 0.3 is 0 Å². The van der Waals surface area contributed by atoms with Gasteiger partial charge in [0.15, 0.2) is 21.3 Å². The van der Waals surface area contributed by atoms with Crippen LogP contribution >= 0.6 is 0 Å². The molecule has 142 valence electrons. The van der Waals surface area contributed by atoms with Crippen LogP contribution < -0.4 is 0 Å². The molecule has 0 bridgehead atoms. The zero-order valence-electron chi connectivity index (χ0n) is 15.5. The molecule has 0 saturated carbocycles. The van der Waals surface area contributed by atoms with Crippen LogP contribution in [0, 0.1) is 0 Å². The maximum atomic E-state index is 12.1. The van der Waals surface area contributed by atoms with Crippen LogP contribution in [0.1, 0.15) is 38.0 Å². The summed E-state index contributed by atoms with van der Waals surface area (Å²) in [5.74, 6) is 1.15. The molecule has 2 aromatic rings. The third-order valence-electron chi connectivity index (χ3n) is 5.89. The van der Waals surface area contributed by atoms with E-state index in [1.165, 1.54) is 25.9 Å². The van der Waals surface area contributed by atoms with Gasteiger partial charge in [-0.25, -0.2) is 13.4 Å². The highest BCUT2D eigenvalue weighted by molar-refractivity contribution is 7.91. The lowest BCUT2D eigenvalue weighted by Gasteiger charge is -2.35. The van der Waals surface area contributed by atoms with Gasteiger partial charge in [-0.05, 0) is 64.1 Å². The fourth-order valence-corrected chi connectivity index (χ4v) is 5.04. The van der Waals surface area contributed by atoms with Crippen molar-refractivity contribution in [3.63, 3.8) is 0 Å². The van der Waals surface area contributed by atoms with Crippen LogP contribution in [0.25, 0.3) is 11.1 Å². The fourth-order valence-electron chi connectivity index (χ4n) is 4.14. The SMILES string of the molecule is CCS(=O)(=O)c1ccc2oc([C@H]3CCN(C4CCN(C)CC4)C3)nc2c1. The van der Waals surface area contributed by atoms with Gasteiger partial charge in [-0.2, -0.15) is 0 Å². The van der Waals surface area contributed by atoms with Gasteiger partial charge in [-0.15, -0.1) is 0 Å². The Labute approximate surface area is 155 Å². The zero-order chi connectivity index (χ0) is 18.3. The molecule has 0 aliphatic carbocycles. The van der Waals surface area contributed by atoms with Crippen molar-refractivity contribution >= 4 is 20.9 Å². The Balaban J connectivity index is 1.51. The largest absolute Gasteiger partial charge is 0.440 e. The van der Waals surface area contributed by atoms with Gasteiger partial charge in [0.05, 0.1) is 10.6 Å². The summed E-state index contributed by atoms with van der Waals surface area (Å²) in [6.07, 6.45) is 3.52. The predicted octanol–water partition coefficient (Wildman–Crippen LogP) is 2.50. The fraction of sp³-hybridized carbons (Fsp3) is 0.632. The number of hydrogen-bond acceptors (Lipinski definition) is 6. The summed E-state index contributed by atoms with van der Waals surface area (Å²) in [5.41, 5.74) is 1.32. The number of rotatable bonds is 4. The molecule has 0 N–H and O–H groups in total. The summed E-state index contributed by atoms with van der Waals surface area (Å²) < 4.78 is 30.1. The third-order valence-corrected chi connectivity index (χ3v) is 7.62. The van der Waals surface area contributed by atoms with Crippen LogP contribution in [0.15, 0.2) is 27.5 Å². The first kappa shape index (κ1) is 17.9. The molecule has 0 radical (unpaired) electrons. The molecule has 1 aromatic heterocycles. The van der Waals surface area contributed by atoms with Gasteiger partial charge in [0.2, 0.25) is 0 Å². The van der Waals surface area contributed by atoms with E-state index >= 15 is 0 Å². The van der Waals surface area contributed by atoms with Crippen LogP contribution in [-0.4, -0.2) is 68.2 Å². The number of likely N-dealkylation sites (tertiary alicyclic amines) is 2. The minimum absolute atomic E-state index is 0.0946. The monoisotopic (exact) mass is 377 g/mol. The van der Waals surface area contributed by atoms with E-state index in [9.17, 15) is 8.42 Å². The Hall–Kier alpha value is -1.44. The molecule has 6 nitrogen and oxygen atoms in total. The smallest absolute Gasteiger partial charge is 0.199 e. The molecule has 2 fully saturated rings. The summed E-state index contributed by atoms with van der Waals surface area (Å²) in [6.45, 7) is 6.07. The number of hydrogen-bond donors (Lipinski definition) is 0. The van der Waals surface area contributed by atoms with Gasteiger partial charge in [0.25, 0.3) is 0 Å². The molecule has 4 rings (SSSR count). The average molecular weight is 378 g/mol. The second kappa shape index (κ2) is 6.94. The van der Waals surface area contributed by atoms with Crippen molar-refractivity contribution in [2.24, 2.45) is 0 Å². The van der Waals surface area contributed by atoms with Crippen molar-refractivity contribution in [1.82, 2.24) is 14.8 Å². The number of oxazole rings is 1. The summed E-state index contributed by atoms with van der Waals surface area (Å²) >= 11 is 0. The highest BCUT2D eigenvalue weighted by atomic mass is 32.2.